The second-order valence-electron chi connectivity index (χ2n) is 10.8. The molecule has 9 nitrogen and oxygen atoms in total. The van der Waals surface area contributed by atoms with Crippen LogP contribution in [0.3, 0.4) is 0 Å². The van der Waals surface area contributed by atoms with Crippen molar-refractivity contribution in [1.29, 1.82) is 0 Å². The summed E-state index contributed by atoms with van der Waals surface area (Å²) in [4.78, 5) is 14.8. The Bertz CT molecular complexity index is 1910. The standard InChI is InChI=1S/C35H33N7O2/c1-4-40(5-2)25-18-16-24(17-19-25)36-33-35-38-34-31(22(3)39-42(34)26-11-7-6-8-12-26)32(23-15-20-29(43)30(44)21-23)41(35)28-14-10-9-13-27(28)37-33/h6-21,32,43-44H,4-5H2,1-3H3,(H,36,37). The molecule has 9 heteroatoms. The van der Waals surface area contributed by atoms with Gasteiger partial charge in [0.1, 0.15) is 0 Å². The number of anilines is 3. The fourth-order valence-corrected chi connectivity index (χ4v) is 6.05. The summed E-state index contributed by atoms with van der Waals surface area (Å²) in [7, 11) is 0. The fourth-order valence-electron chi connectivity index (χ4n) is 6.05. The van der Waals surface area contributed by atoms with E-state index in [9.17, 15) is 10.2 Å². The summed E-state index contributed by atoms with van der Waals surface area (Å²) in [6, 6.07) is 30.8. The Morgan fingerprint density at radius 3 is 2.27 bits per heavy atom. The maximum Gasteiger partial charge on any atom is 0.179 e. The first-order valence-corrected chi connectivity index (χ1v) is 14.8. The summed E-state index contributed by atoms with van der Waals surface area (Å²) in [5.41, 5.74) is 7.10. The lowest BCUT2D eigenvalue weighted by atomic mass is 9.93. The summed E-state index contributed by atoms with van der Waals surface area (Å²) >= 11 is 0. The zero-order chi connectivity index (χ0) is 30.4. The van der Waals surface area contributed by atoms with Crippen molar-refractivity contribution in [2.24, 2.45) is 9.98 Å². The van der Waals surface area contributed by atoms with Gasteiger partial charge in [-0.1, -0.05) is 36.4 Å². The van der Waals surface area contributed by atoms with E-state index in [1.165, 1.54) is 6.07 Å². The number of hydrogen-bond acceptors (Lipinski definition) is 8. The van der Waals surface area contributed by atoms with Crippen molar-refractivity contribution in [2.45, 2.75) is 26.8 Å². The maximum atomic E-state index is 10.6. The molecule has 0 radical (unpaired) electrons. The predicted octanol–water partition coefficient (Wildman–Crippen LogP) is 7.23. The summed E-state index contributed by atoms with van der Waals surface area (Å²) in [6.07, 6.45) is 0. The number of nitrogens with zero attached hydrogens (tertiary/aromatic N) is 6. The number of aromatic nitrogens is 2. The molecule has 2 aliphatic rings. The van der Waals surface area contributed by atoms with Crippen molar-refractivity contribution < 1.29 is 10.2 Å². The van der Waals surface area contributed by atoms with Gasteiger partial charge >= 0.3 is 0 Å². The van der Waals surface area contributed by atoms with Crippen LogP contribution in [0.2, 0.25) is 0 Å². The molecule has 3 N–H and O–H groups in total. The van der Waals surface area contributed by atoms with Gasteiger partial charge in [0.2, 0.25) is 0 Å². The lowest BCUT2D eigenvalue weighted by Crippen LogP contribution is -2.46. The monoisotopic (exact) mass is 583 g/mol. The molecule has 44 heavy (non-hydrogen) atoms. The Morgan fingerprint density at radius 1 is 0.818 bits per heavy atom. The molecule has 1 unspecified atom stereocenters. The molecule has 5 aromatic rings. The van der Waals surface area contributed by atoms with Gasteiger partial charge < -0.3 is 25.3 Å². The third-order valence-electron chi connectivity index (χ3n) is 8.21. The average molecular weight is 584 g/mol. The summed E-state index contributed by atoms with van der Waals surface area (Å²) in [5.74, 6) is 1.54. The number of phenolic OH excluding ortho intramolecular Hbond substituents is 2. The number of amidine groups is 2. The van der Waals surface area contributed by atoms with Crippen molar-refractivity contribution in [1.82, 2.24) is 9.78 Å². The van der Waals surface area contributed by atoms with Crippen molar-refractivity contribution in [2.75, 3.05) is 28.2 Å². The van der Waals surface area contributed by atoms with Crippen LogP contribution in [0, 0.1) is 6.92 Å². The van der Waals surface area contributed by atoms with Gasteiger partial charge in [0, 0.05) is 30.0 Å². The molecule has 1 atom stereocenters. The van der Waals surface area contributed by atoms with Crippen LogP contribution in [0.1, 0.15) is 36.7 Å². The van der Waals surface area contributed by atoms with Crippen LogP contribution in [0.25, 0.3) is 5.69 Å². The molecule has 0 bridgehead atoms. The number of rotatable bonds is 6. The highest BCUT2D eigenvalue weighted by atomic mass is 16.3. The van der Waals surface area contributed by atoms with Gasteiger partial charge in [0.25, 0.3) is 0 Å². The van der Waals surface area contributed by atoms with Crippen LogP contribution in [-0.2, 0) is 0 Å². The highest BCUT2D eigenvalue weighted by molar-refractivity contribution is 6.51. The van der Waals surface area contributed by atoms with Gasteiger partial charge in [0.05, 0.1) is 28.8 Å². The number of nitrogens with one attached hydrogen (secondary N) is 1. The van der Waals surface area contributed by atoms with E-state index in [0.29, 0.717) is 17.5 Å². The molecular formula is C35H33N7O2. The Hall–Kier alpha value is -5.57. The van der Waals surface area contributed by atoms with Crippen molar-refractivity contribution in [3.05, 3.63) is 114 Å². The SMILES string of the molecule is CCN(CC)c1ccc(NC2=Nc3ccccc3N3C2=Nc2c(c(C)nn2-c2ccccc2)C3c2ccc(O)c(O)c2)cc1. The minimum atomic E-state index is -0.417. The maximum absolute atomic E-state index is 10.6. The number of aliphatic imine (C=N–C) groups is 2. The van der Waals surface area contributed by atoms with Crippen LogP contribution in [-0.4, -0.2) is 44.8 Å². The Labute approximate surface area is 256 Å². The first-order chi connectivity index (χ1) is 21.5. The van der Waals surface area contributed by atoms with E-state index in [1.54, 1.807) is 6.07 Å². The zero-order valence-electron chi connectivity index (χ0n) is 24.8. The minimum absolute atomic E-state index is 0.175. The van der Waals surface area contributed by atoms with Gasteiger partial charge in [-0.2, -0.15) is 5.10 Å². The van der Waals surface area contributed by atoms with Crippen LogP contribution < -0.4 is 15.1 Å². The zero-order valence-corrected chi connectivity index (χ0v) is 24.8. The van der Waals surface area contributed by atoms with E-state index in [-0.39, 0.29) is 11.5 Å². The van der Waals surface area contributed by atoms with Gasteiger partial charge in [0.15, 0.2) is 29.0 Å². The van der Waals surface area contributed by atoms with Gasteiger partial charge in [-0.15, -0.1) is 0 Å². The smallest absolute Gasteiger partial charge is 0.179 e. The molecule has 0 spiro atoms. The van der Waals surface area contributed by atoms with Crippen LogP contribution in [0.4, 0.5) is 28.6 Å². The lowest BCUT2D eigenvalue weighted by Gasteiger charge is -2.40. The summed E-state index contributed by atoms with van der Waals surface area (Å²) < 4.78 is 1.86. The fraction of sp³-hybridized carbons (Fsp3) is 0.171. The normalized spacial score (nSPS) is 15.1. The molecule has 0 amide bonds. The topological polar surface area (TPSA) is 102 Å². The Balaban J connectivity index is 1.43. The molecule has 4 aromatic carbocycles. The van der Waals surface area contributed by atoms with E-state index in [4.69, 9.17) is 15.1 Å². The first kappa shape index (κ1) is 27.3. The number of aryl methyl sites for hydroxylation is 1. The van der Waals surface area contributed by atoms with E-state index in [1.807, 2.05) is 72.3 Å². The largest absolute Gasteiger partial charge is 0.504 e. The lowest BCUT2D eigenvalue weighted by molar-refractivity contribution is 0.403. The van der Waals surface area contributed by atoms with Crippen molar-refractivity contribution in [3.63, 3.8) is 0 Å². The predicted molar refractivity (Wildman–Crippen MR) is 177 cm³/mol. The second kappa shape index (κ2) is 10.9. The first-order valence-electron chi connectivity index (χ1n) is 14.8. The van der Waals surface area contributed by atoms with Crippen LogP contribution in [0.15, 0.2) is 107 Å². The van der Waals surface area contributed by atoms with E-state index >= 15 is 0 Å². The van der Waals surface area contributed by atoms with Crippen molar-refractivity contribution in [3.8, 4) is 17.2 Å². The van der Waals surface area contributed by atoms with E-state index in [0.717, 1.165) is 58.3 Å². The number of benzene rings is 4. The number of aromatic hydroxyl groups is 2. The van der Waals surface area contributed by atoms with Gasteiger partial charge in [-0.05, 0) is 87.0 Å². The van der Waals surface area contributed by atoms with E-state index in [2.05, 4.69) is 53.2 Å². The molecule has 0 saturated carbocycles. The Morgan fingerprint density at radius 2 is 1.55 bits per heavy atom. The average Bonchev–Trinajstić information content (AvgIpc) is 3.39. The Kier molecular flexibility index (Phi) is 6.77. The quantitative estimate of drug-likeness (QED) is 0.182. The van der Waals surface area contributed by atoms with E-state index < -0.39 is 6.04 Å². The minimum Gasteiger partial charge on any atom is -0.504 e. The molecule has 7 rings (SSSR count). The van der Waals surface area contributed by atoms with Crippen molar-refractivity contribution >= 4 is 40.2 Å². The highest BCUT2D eigenvalue weighted by Gasteiger charge is 2.41. The van der Waals surface area contributed by atoms with Crippen LogP contribution >= 0.6 is 0 Å². The molecule has 3 heterocycles. The third-order valence-corrected chi connectivity index (χ3v) is 8.21. The molecule has 0 fully saturated rings. The molecule has 1 aromatic heterocycles. The number of hydrogen-bond donors (Lipinski definition) is 3. The molecule has 0 saturated heterocycles. The number of fused-ring (bicyclic) bond motifs is 4. The molecular weight excluding hydrogens is 550 g/mol. The highest BCUT2D eigenvalue weighted by Crippen LogP contribution is 2.49. The molecule has 220 valence electrons. The number of para-hydroxylation sites is 3. The third kappa shape index (κ3) is 4.53. The summed E-state index contributed by atoms with van der Waals surface area (Å²) in [6.45, 7) is 8.15. The molecule has 0 aliphatic carbocycles. The second-order valence-corrected chi connectivity index (χ2v) is 10.8. The summed E-state index contributed by atoms with van der Waals surface area (Å²) in [5, 5.41) is 29.3. The van der Waals surface area contributed by atoms with Crippen LogP contribution in [0.5, 0.6) is 11.5 Å². The van der Waals surface area contributed by atoms with Gasteiger partial charge in [-0.3, -0.25) is 0 Å². The number of phenols is 2. The van der Waals surface area contributed by atoms with Gasteiger partial charge in [-0.25, -0.2) is 14.7 Å². The molecule has 2 aliphatic heterocycles.